The third-order valence-electron chi connectivity index (χ3n) is 5.76. The summed E-state index contributed by atoms with van der Waals surface area (Å²) in [4.78, 5) is 14.7. The molecule has 3 aromatic rings. The normalized spacial score (nSPS) is 15.0. The number of nitrogens with one attached hydrogen (secondary N) is 2. The first-order valence-electron chi connectivity index (χ1n) is 11.9. The van der Waals surface area contributed by atoms with Gasteiger partial charge in [-0.05, 0) is 59.9 Å². The molecule has 0 saturated carbocycles. The first-order valence-corrected chi connectivity index (χ1v) is 13.3. The topological polar surface area (TPSA) is 66.0 Å². The molecule has 1 aliphatic rings. The summed E-state index contributed by atoms with van der Waals surface area (Å²) in [5.74, 6) is 2.21. The van der Waals surface area contributed by atoms with Crippen LogP contribution in [0.4, 0.5) is 5.69 Å². The fraction of sp³-hybridized carbons (Fsp3) is 0.286. The lowest BCUT2D eigenvalue weighted by molar-refractivity contribution is -0.113. The number of carbonyl (C=O) groups excluding carboxylic acids is 1. The Hall–Kier alpha value is -3.16. The van der Waals surface area contributed by atoms with E-state index in [0.717, 1.165) is 28.4 Å². The summed E-state index contributed by atoms with van der Waals surface area (Å²) in [6, 6.07) is 23.6. The third kappa shape index (κ3) is 6.95. The van der Waals surface area contributed by atoms with E-state index >= 15 is 0 Å². The van der Waals surface area contributed by atoms with Gasteiger partial charge in [0.25, 0.3) is 0 Å². The van der Waals surface area contributed by atoms with Crippen LogP contribution in [0.15, 0.2) is 77.9 Å². The predicted molar refractivity (Wildman–Crippen MR) is 150 cm³/mol. The number of benzene rings is 3. The molecular formula is C28H31ClN4O2S. The van der Waals surface area contributed by atoms with Crippen molar-refractivity contribution in [3.63, 3.8) is 0 Å². The highest BCUT2D eigenvalue weighted by atomic mass is 35.5. The first-order chi connectivity index (χ1) is 17.4. The van der Waals surface area contributed by atoms with E-state index in [1.165, 1.54) is 17.3 Å². The van der Waals surface area contributed by atoms with E-state index in [-0.39, 0.29) is 17.2 Å². The van der Waals surface area contributed by atoms with E-state index in [1.54, 1.807) is 24.3 Å². The van der Waals surface area contributed by atoms with Gasteiger partial charge in [0.05, 0.1) is 5.75 Å². The van der Waals surface area contributed by atoms with Gasteiger partial charge >= 0.3 is 0 Å². The van der Waals surface area contributed by atoms with Crippen molar-refractivity contribution >= 4 is 40.8 Å². The highest BCUT2D eigenvalue weighted by Gasteiger charge is 2.29. The van der Waals surface area contributed by atoms with Crippen LogP contribution in [0, 0.1) is 6.92 Å². The zero-order chi connectivity index (χ0) is 25.5. The summed E-state index contributed by atoms with van der Waals surface area (Å²) >= 11 is 7.42. The number of hydrazone groups is 1. The Morgan fingerprint density at radius 1 is 1.14 bits per heavy atom. The molecule has 3 aromatic carbocycles. The molecule has 1 atom stereocenters. The van der Waals surface area contributed by atoms with Crippen LogP contribution in [0.25, 0.3) is 0 Å². The Bertz CT molecular complexity index is 1200. The number of carbonyl (C=O) groups is 1. The summed E-state index contributed by atoms with van der Waals surface area (Å²) in [5.41, 5.74) is 7.20. The molecule has 4 rings (SSSR count). The van der Waals surface area contributed by atoms with Crippen LogP contribution in [-0.2, 0) is 11.3 Å². The highest BCUT2D eigenvalue weighted by Crippen LogP contribution is 2.28. The Balaban J connectivity index is 1.42. The molecule has 1 amide bonds. The fourth-order valence-electron chi connectivity index (χ4n) is 3.87. The van der Waals surface area contributed by atoms with Crippen LogP contribution in [-0.4, -0.2) is 34.5 Å². The standard InChI is InChI=1S/C28H31ClN4O2S/c1-19(2)24-14-9-20(3)15-25(24)35-17-26-31-32-28(33(26)16-21-7-5-4-6-8-21)36-18-27(34)30-23-12-10-22(29)11-13-23/h4-15,19,28,32H,16-18H2,1-3H3,(H,30,34). The summed E-state index contributed by atoms with van der Waals surface area (Å²) in [7, 11) is 0. The van der Waals surface area contributed by atoms with Crippen LogP contribution >= 0.6 is 23.4 Å². The monoisotopic (exact) mass is 522 g/mol. The van der Waals surface area contributed by atoms with Crippen LogP contribution in [0.1, 0.15) is 36.5 Å². The summed E-state index contributed by atoms with van der Waals surface area (Å²) in [6.07, 6.45) is 0. The van der Waals surface area contributed by atoms with Gasteiger partial charge in [-0.25, -0.2) is 0 Å². The molecule has 2 N–H and O–H groups in total. The van der Waals surface area contributed by atoms with Gasteiger partial charge in [0, 0.05) is 17.3 Å². The van der Waals surface area contributed by atoms with Crippen LogP contribution in [0.5, 0.6) is 5.75 Å². The van der Waals surface area contributed by atoms with Gasteiger partial charge < -0.3 is 15.0 Å². The molecule has 0 bridgehead atoms. The second kappa shape index (κ2) is 12.2. The average Bonchev–Trinajstić information content (AvgIpc) is 3.24. The molecule has 0 radical (unpaired) electrons. The van der Waals surface area contributed by atoms with E-state index < -0.39 is 0 Å². The summed E-state index contributed by atoms with van der Waals surface area (Å²) in [5, 5.41) is 8.12. The van der Waals surface area contributed by atoms with Gasteiger partial charge in [0.1, 0.15) is 12.4 Å². The summed E-state index contributed by atoms with van der Waals surface area (Å²) in [6.45, 7) is 7.37. The lowest BCUT2D eigenvalue weighted by Gasteiger charge is -2.27. The highest BCUT2D eigenvalue weighted by molar-refractivity contribution is 8.00. The number of ether oxygens (including phenoxy) is 1. The Morgan fingerprint density at radius 2 is 1.89 bits per heavy atom. The molecule has 8 heteroatoms. The van der Waals surface area contributed by atoms with E-state index in [9.17, 15) is 4.79 Å². The fourth-order valence-corrected chi connectivity index (χ4v) is 4.88. The van der Waals surface area contributed by atoms with Gasteiger partial charge in [-0.1, -0.05) is 67.9 Å². The van der Waals surface area contributed by atoms with Gasteiger partial charge in [0.2, 0.25) is 5.91 Å². The van der Waals surface area contributed by atoms with Gasteiger partial charge in [-0.15, -0.1) is 11.8 Å². The molecule has 1 heterocycles. The Labute approximate surface area is 222 Å². The van der Waals surface area contributed by atoms with Crippen molar-refractivity contribution in [1.82, 2.24) is 10.3 Å². The number of thioether (sulfide) groups is 1. The van der Waals surface area contributed by atoms with Crippen LogP contribution < -0.4 is 15.5 Å². The Morgan fingerprint density at radius 3 is 2.61 bits per heavy atom. The van der Waals surface area contributed by atoms with Gasteiger partial charge in [0.15, 0.2) is 11.3 Å². The van der Waals surface area contributed by atoms with Crippen LogP contribution in [0.3, 0.4) is 0 Å². The third-order valence-corrected chi connectivity index (χ3v) is 7.12. The van der Waals surface area contributed by atoms with E-state index in [0.29, 0.717) is 24.1 Å². The minimum absolute atomic E-state index is 0.0881. The Kier molecular flexibility index (Phi) is 8.78. The number of nitrogens with zero attached hydrogens (tertiary/aromatic N) is 2. The maximum absolute atomic E-state index is 12.6. The number of halogens is 1. The number of anilines is 1. The smallest absolute Gasteiger partial charge is 0.234 e. The van der Waals surface area contributed by atoms with Crippen molar-refractivity contribution in [3.8, 4) is 5.75 Å². The minimum Gasteiger partial charge on any atom is -0.485 e. The summed E-state index contributed by atoms with van der Waals surface area (Å²) < 4.78 is 6.28. The molecule has 1 unspecified atom stereocenters. The van der Waals surface area contributed by atoms with E-state index in [1.807, 2.05) is 18.2 Å². The van der Waals surface area contributed by atoms with Crippen molar-refractivity contribution in [2.45, 2.75) is 38.7 Å². The van der Waals surface area contributed by atoms with E-state index in [4.69, 9.17) is 16.3 Å². The second-order valence-electron chi connectivity index (χ2n) is 8.97. The number of amidine groups is 1. The van der Waals surface area contributed by atoms with E-state index in [2.05, 4.69) is 71.8 Å². The zero-order valence-electron chi connectivity index (χ0n) is 20.7. The SMILES string of the molecule is Cc1ccc(C(C)C)c(OCC2=NNC(SCC(=O)Nc3ccc(Cl)cc3)N2Cc2ccccc2)c1. The first kappa shape index (κ1) is 25.9. The maximum atomic E-state index is 12.6. The average molecular weight is 523 g/mol. The minimum atomic E-state index is -0.193. The largest absolute Gasteiger partial charge is 0.485 e. The van der Waals surface area contributed by atoms with Crippen molar-refractivity contribution in [3.05, 3.63) is 94.5 Å². The number of aryl methyl sites for hydroxylation is 1. The molecule has 0 spiro atoms. The molecule has 0 aromatic heterocycles. The molecular weight excluding hydrogens is 492 g/mol. The van der Waals surface area contributed by atoms with Crippen molar-refractivity contribution in [1.29, 1.82) is 0 Å². The quantitative estimate of drug-likeness (QED) is 0.330. The molecule has 188 valence electrons. The molecule has 0 saturated heterocycles. The molecule has 0 aliphatic carbocycles. The second-order valence-corrected chi connectivity index (χ2v) is 10.5. The number of rotatable bonds is 10. The molecule has 6 nitrogen and oxygen atoms in total. The number of amides is 1. The van der Waals surface area contributed by atoms with Crippen LogP contribution in [0.2, 0.25) is 5.02 Å². The van der Waals surface area contributed by atoms with Crippen molar-refractivity contribution in [2.24, 2.45) is 5.10 Å². The van der Waals surface area contributed by atoms with Crippen molar-refractivity contribution in [2.75, 3.05) is 17.7 Å². The molecule has 36 heavy (non-hydrogen) atoms. The zero-order valence-corrected chi connectivity index (χ0v) is 22.3. The van der Waals surface area contributed by atoms with Crippen molar-refractivity contribution < 1.29 is 9.53 Å². The number of hydrogen-bond donors (Lipinski definition) is 2. The maximum Gasteiger partial charge on any atom is 0.234 e. The predicted octanol–water partition coefficient (Wildman–Crippen LogP) is 6.23. The van der Waals surface area contributed by atoms with Gasteiger partial charge in [-0.2, -0.15) is 5.10 Å². The molecule has 1 aliphatic heterocycles. The number of hydrogen-bond acceptors (Lipinski definition) is 6. The van der Waals surface area contributed by atoms with Gasteiger partial charge in [-0.3, -0.25) is 10.2 Å². The lowest BCUT2D eigenvalue weighted by atomic mass is 10.0. The lowest BCUT2D eigenvalue weighted by Crippen LogP contribution is -2.40. The molecule has 0 fully saturated rings.